The number of rotatable bonds is 24. The summed E-state index contributed by atoms with van der Waals surface area (Å²) in [7, 11) is -3.60. The number of carbonyl (C=O) groups excluding carboxylic acids is 3. The van der Waals surface area contributed by atoms with E-state index in [0.717, 1.165) is 52.2 Å². The minimum absolute atomic E-state index is 0.00806. The normalized spacial score (nSPS) is 10.7. The number of likely N-dealkylation sites (tertiary alicyclic amines) is 1. The van der Waals surface area contributed by atoms with Crippen molar-refractivity contribution in [2.24, 2.45) is 0 Å². The van der Waals surface area contributed by atoms with Crippen molar-refractivity contribution in [2.45, 2.75) is 49.3 Å². The molecule has 31 heteroatoms. The number of ether oxygens (including phenoxy) is 6. The number of hydrogen-bond donors (Lipinski definition) is 0. The van der Waals surface area contributed by atoms with E-state index in [9.17, 15) is 43.8 Å². The average molecular weight is 1410 g/mol. The third kappa shape index (κ3) is 53.2. The number of urea groups is 1. The van der Waals surface area contributed by atoms with Gasteiger partial charge in [-0.25, -0.2) is 34.3 Å². The first-order valence-electron chi connectivity index (χ1n) is 26.9. The SMILES string of the molecule is C=CN(C)C(=O)N(C)C=C.C=CN(C)C(C)=O.C=CN1CCCCCC1=O.C=COc1nc(OC)nc(OC=C)n1.C=COc1nc(OC=C)nc(OC=C)n1.C=CS(=O)(=O)C=C.C=CS(=O)(=O)CC.C=CS(=O)c1ccccc1.C=CS(C)(=O)=O.C=CSc1ccccc1. The Hall–Kier alpha value is -10.1. The van der Waals surface area contributed by atoms with E-state index in [0.29, 0.717) is 6.42 Å². The molecular weight excluding hydrogens is 1330 g/mol. The second-order valence-corrected chi connectivity index (χ2v) is 24.7. The Bertz CT molecular complexity index is 3310. The topological polar surface area (TPSA) is 316 Å². The van der Waals surface area contributed by atoms with E-state index in [-0.39, 0.29) is 59.7 Å². The quantitative estimate of drug-likeness (QED) is 0.0465. The van der Waals surface area contributed by atoms with Crippen molar-refractivity contribution in [1.29, 1.82) is 0 Å². The minimum Gasteiger partial charge on any atom is -0.467 e. The summed E-state index contributed by atoms with van der Waals surface area (Å²) < 4.78 is 101. The third-order valence-corrected chi connectivity index (χ3v) is 14.1. The van der Waals surface area contributed by atoms with Gasteiger partial charge in [0.05, 0.1) is 55.0 Å². The van der Waals surface area contributed by atoms with Gasteiger partial charge in [-0.1, -0.05) is 160 Å². The van der Waals surface area contributed by atoms with Crippen LogP contribution >= 0.6 is 11.8 Å². The highest BCUT2D eigenvalue weighted by Gasteiger charge is 2.13. The van der Waals surface area contributed by atoms with E-state index >= 15 is 0 Å². The molecule has 1 atom stereocenters. The molecule has 2 aromatic heterocycles. The van der Waals surface area contributed by atoms with E-state index < -0.39 is 40.3 Å². The fourth-order valence-corrected chi connectivity index (χ4v) is 6.03. The molecule has 1 unspecified atom stereocenters. The molecule has 2 aromatic carbocycles. The summed E-state index contributed by atoms with van der Waals surface area (Å²) >= 11 is 1.64. The van der Waals surface area contributed by atoms with Crippen molar-refractivity contribution in [2.75, 3.05) is 46.8 Å². The van der Waals surface area contributed by atoms with Gasteiger partial charge in [0, 0.05) is 96.5 Å². The molecule has 1 aliphatic rings. The summed E-state index contributed by atoms with van der Waals surface area (Å²) in [6.45, 7) is 53.9. The Balaban J connectivity index is -0.000000320. The van der Waals surface area contributed by atoms with Gasteiger partial charge in [0.2, 0.25) is 11.8 Å². The first-order valence-corrected chi connectivity index (χ1v) is 34.3. The lowest BCUT2D eigenvalue weighted by atomic mass is 10.2. The molecule has 0 N–H and O–H groups in total. The lowest BCUT2D eigenvalue weighted by molar-refractivity contribution is -0.128. The molecule has 4 amide bonds. The maximum Gasteiger partial charge on any atom is 0.330 e. The van der Waals surface area contributed by atoms with Gasteiger partial charge < -0.3 is 48.0 Å². The van der Waals surface area contributed by atoms with Crippen LogP contribution in [0.5, 0.6) is 36.1 Å². The van der Waals surface area contributed by atoms with Crippen LogP contribution in [0.4, 0.5) is 4.79 Å². The van der Waals surface area contributed by atoms with E-state index in [1.807, 2.05) is 53.9 Å². The van der Waals surface area contributed by atoms with Crippen molar-refractivity contribution >= 4 is 69.9 Å². The highest BCUT2D eigenvalue weighted by atomic mass is 32.2. The zero-order valence-electron chi connectivity index (χ0n) is 54.8. The maximum absolute atomic E-state index is 11.1. The van der Waals surface area contributed by atoms with Crippen LogP contribution in [0.25, 0.3) is 0 Å². The average Bonchev–Trinajstić information content (AvgIpc) is 1.37. The lowest BCUT2D eigenvalue weighted by Gasteiger charge is -2.17. The number of methoxy groups -OCH3 is 1. The van der Waals surface area contributed by atoms with Crippen LogP contribution in [-0.4, -0.2) is 144 Å². The van der Waals surface area contributed by atoms with Gasteiger partial charge in [0.1, 0.15) is 0 Å². The standard InChI is InChI=1S/C9H9N3O3.C8H9N3O3.C8H13NO.C8H8OS.C8H8S.C7H12N2O.C5H9NO.C4H8O2S.C4H6O2S.C3H6O2S/c1-4-13-7-10-8(14-5-2)12-9(11-7)15-6-3;1-4-13-7-9-6(12-3)10-8(11-7)14-5-2;1-2-9-7-5-3-4-6-8(9)10;1-2-10(9)8-6-4-3-5-7-8;1-2-9-8-6-4-3-5-7-8;1-5-8(3)7(10)9(4)6-2;1-4-6(3)5(2)7;2*1-3-7(5,6)4-2;1-3-6(2,4)5/h4-6H,1-3H2;4-5H,1-2H2,3H3;2H,1,3-7H2;2-7H,1H2;2-7H,1H2;5-6H,1-2H2,3-4H3;4H,1H2,2-3H3;3H,1,4H2,2H3;3-4H,1-2H2;3H,1H2,2H3. The summed E-state index contributed by atoms with van der Waals surface area (Å²) in [6, 6.07) is 19.5. The molecule has 1 aliphatic heterocycles. The summed E-state index contributed by atoms with van der Waals surface area (Å²) in [5.41, 5.74) is 0. The third-order valence-electron chi connectivity index (χ3n) is 9.54. The van der Waals surface area contributed by atoms with E-state index in [2.05, 4.69) is 141 Å². The minimum atomic E-state index is -3.13. The zero-order valence-corrected chi connectivity index (χ0v) is 58.9. The molecule has 3 heterocycles. The second kappa shape index (κ2) is 57.8. The Morgan fingerprint density at radius 3 is 1.18 bits per heavy atom. The molecule has 1 fully saturated rings. The number of aromatic nitrogens is 6. The fourth-order valence-electron chi connectivity index (χ4n) is 4.53. The molecule has 0 spiro atoms. The molecule has 26 nitrogen and oxygen atoms in total. The number of amides is 4. The van der Waals surface area contributed by atoms with Gasteiger partial charge in [-0.2, -0.15) is 0 Å². The number of benzene rings is 2. The van der Waals surface area contributed by atoms with Crippen LogP contribution < -0.4 is 28.4 Å². The van der Waals surface area contributed by atoms with E-state index in [1.54, 1.807) is 50.9 Å². The monoisotopic (exact) mass is 1410 g/mol. The van der Waals surface area contributed by atoms with Gasteiger partial charge in [-0.05, 0) is 54.9 Å². The number of nitrogens with zero attached hydrogens (tertiary/aromatic N) is 10. The van der Waals surface area contributed by atoms with Crippen molar-refractivity contribution in [3.63, 3.8) is 0 Å². The Morgan fingerprint density at radius 2 is 0.937 bits per heavy atom. The molecule has 4 aromatic rings. The molecular formula is C64H88N10O16S5. The van der Waals surface area contributed by atoms with Gasteiger partial charge in [-0.15, -0.1) is 29.9 Å². The van der Waals surface area contributed by atoms with E-state index in [1.165, 1.54) is 95.4 Å². The Morgan fingerprint density at radius 1 is 0.568 bits per heavy atom. The van der Waals surface area contributed by atoms with Crippen LogP contribution in [-0.2, 0) is 49.9 Å². The molecule has 5 rings (SSSR count). The summed E-state index contributed by atoms with van der Waals surface area (Å²) in [4.78, 5) is 62.9. The van der Waals surface area contributed by atoms with Crippen LogP contribution in [0.1, 0.15) is 39.5 Å². The molecule has 95 heavy (non-hydrogen) atoms. The number of carbonyl (C=O) groups is 3. The van der Waals surface area contributed by atoms with Crippen molar-refractivity contribution < 1.29 is 72.3 Å². The maximum atomic E-state index is 11.1. The van der Waals surface area contributed by atoms with Gasteiger partial charge in [0.25, 0.3) is 0 Å². The molecule has 0 radical (unpaired) electrons. The van der Waals surface area contributed by atoms with Gasteiger partial charge >= 0.3 is 42.1 Å². The molecule has 520 valence electrons. The highest BCUT2D eigenvalue weighted by Crippen LogP contribution is 2.18. The lowest BCUT2D eigenvalue weighted by Crippen LogP contribution is -2.31. The molecule has 1 saturated heterocycles. The van der Waals surface area contributed by atoms with E-state index in [4.69, 9.17) is 28.4 Å². The van der Waals surface area contributed by atoms with Crippen LogP contribution in [0.2, 0.25) is 0 Å². The smallest absolute Gasteiger partial charge is 0.330 e. The van der Waals surface area contributed by atoms with Gasteiger partial charge in [0.15, 0.2) is 29.5 Å². The first kappa shape index (κ1) is 93.6. The Kier molecular flexibility index (Phi) is 57.0. The predicted octanol–water partition coefficient (Wildman–Crippen LogP) is 12.0. The number of thioether (sulfide) groups is 1. The number of hydrogen-bond acceptors (Lipinski definition) is 23. The molecule has 0 saturated carbocycles. The van der Waals surface area contributed by atoms with Crippen molar-refractivity contribution in [1.82, 2.24) is 49.5 Å². The zero-order chi connectivity index (χ0) is 73.9. The first-order chi connectivity index (χ1) is 44.8. The number of sulfone groups is 3. The van der Waals surface area contributed by atoms with Crippen LogP contribution in [0.15, 0.2) is 258 Å². The van der Waals surface area contributed by atoms with Gasteiger partial charge in [-0.3, -0.25) is 9.59 Å². The highest BCUT2D eigenvalue weighted by molar-refractivity contribution is 8.02. The van der Waals surface area contributed by atoms with Crippen LogP contribution in [0.3, 0.4) is 0 Å². The summed E-state index contributed by atoms with van der Waals surface area (Å²) in [5, 5.41) is 6.82. The second-order valence-electron chi connectivity index (χ2n) is 16.2. The van der Waals surface area contributed by atoms with Crippen molar-refractivity contribution in [3.05, 3.63) is 248 Å². The molecule has 0 aliphatic carbocycles. The van der Waals surface area contributed by atoms with Crippen molar-refractivity contribution in [3.8, 4) is 36.1 Å². The van der Waals surface area contributed by atoms with Crippen LogP contribution in [0, 0.1) is 0 Å². The summed E-state index contributed by atoms with van der Waals surface area (Å²) in [6.07, 6.45) is 17.0. The summed E-state index contributed by atoms with van der Waals surface area (Å²) in [5.74, 6) is 0.388. The molecule has 0 bridgehead atoms. The fraction of sp³-hybridized carbons (Fsp3) is 0.203. The Labute approximate surface area is 568 Å². The largest absolute Gasteiger partial charge is 0.467 e. The predicted molar refractivity (Wildman–Crippen MR) is 380 cm³/mol.